The van der Waals surface area contributed by atoms with E-state index in [1.807, 2.05) is 24.3 Å². The molecule has 0 fully saturated rings. The molecule has 0 aromatic heterocycles. The van der Waals surface area contributed by atoms with Crippen LogP contribution in [0.1, 0.15) is 49.8 Å². The van der Waals surface area contributed by atoms with Crippen LogP contribution in [-0.2, 0) is 27.8 Å². The highest BCUT2D eigenvalue weighted by Gasteiger charge is 2.54. The van der Waals surface area contributed by atoms with Crippen molar-refractivity contribution < 1.29 is 24.1 Å². The van der Waals surface area contributed by atoms with Crippen molar-refractivity contribution in [1.29, 1.82) is 0 Å². The van der Waals surface area contributed by atoms with Crippen LogP contribution in [-0.4, -0.2) is 51.6 Å². The number of benzene rings is 2. The van der Waals surface area contributed by atoms with Gasteiger partial charge in [-0.3, -0.25) is 0 Å². The molecule has 0 bridgehead atoms. The Kier molecular flexibility index (Phi) is 9.58. The summed E-state index contributed by atoms with van der Waals surface area (Å²) in [6.07, 6.45) is 3.94. The molecule has 6 heteroatoms. The van der Waals surface area contributed by atoms with Gasteiger partial charge in [0.1, 0.15) is 0 Å². The minimum atomic E-state index is -0.884. The number of hydrogen-bond acceptors (Lipinski definition) is 5. The molecule has 192 valence electrons. The third-order valence-corrected chi connectivity index (χ3v) is 7.71. The van der Waals surface area contributed by atoms with Gasteiger partial charge in [0.25, 0.3) is 0 Å². The summed E-state index contributed by atoms with van der Waals surface area (Å²) in [5, 5.41) is 13.7. The van der Waals surface area contributed by atoms with E-state index in [1.54, 1.807) is 14.2 Å². The summed E-state index contributed by atoms with van der Waals surface area (Å²) < 4.78 is 16.4. The van der Waals surface area contributed by atoms with Gasteiger partial charge in [0, 0.05) is 12.5 Å². The molecule has 0 spiro atoms. The van der Waals surface area contributed by atoms with E-state index in [-0.39, 0.29) is 11.8 Å². The molecule has 1 aliphatic carbocycles. The molecule has 2 N–H and O–H groups in total. The van der Waals surface area contributed by atoms with E-state index >= 15 is 0 Å². The Morgan fingerprint density at radius 3 is 2.49 bits per heavy atom. The quantitative estimate of drug-likeness (QED) is 0.396. The zero-order valence-corrected chi connectivity index (χ0v) is 21.8. The van der Waals surface area contributed by atoms with Crippen molar-refractivity contribution in [2.75, 3.05) is 34.4 Å². The second kappa shape index (κ2) is 12.4. The van der Waals surface area contributed by atoms with E-state index < -0.39 is 17.5 Å². The molecule has 3 rings (SSSR count). The molecule has 0 saturated heterocycles. The van der Waals surface area contributed by atoms with Crippen molar-refractivity contribution >= 4 is 5.97 Å². The van der Waals surface area contributed by atoms with Gasteiger partial charge in [-0.1, -0.05) is 44.2 Å². The first kappa shape index (κ1) is 27.0. The van der Waals surface area contributed by atoms with E-state index in [9.17, 15) is 9.90 Å². The third-order valence-electron chi connectivity index (χ3n) is 7.71. The Morgan fingerprint density at radius 1 is 1.09 bits per heavy atom. The van der Waals surface area contributed by atoms with Gasteiger partial charge in [-0.05, 0) is 85.9 Å². The van der Waals surface area contributed by atoms with Crippen LogP contribution in [0, 0.1) is 11.8 Å². The first-order valence-corrected chi connectivity index (χ1v) is 12.7. The average Bonchev–Trinajstić information content (AvgIpc) is 2.86. The van der Waals surface area contributed by atoms with Crippen molar-refractivity contribution in [1.82, 2.24) is 5.32 Å². The van der Waals surface area contributed by atoms with Crippen molar-refractivity contribution in [3.8, 4) is 11.5 Å². The Hall–Kier alpha value is -2.57. The molecule has 1 aliphatic rings. The summed E-state index contributed by atoms with van der Waals surface area (Å²) in [6.45, 7) is 6.03. The van der Waals surface area contributed by atoms with Crippen molar-refractivity contribution in [3.63, 3.8) is 0 Å². The fourth-order valence-electron chi connectivity index (χ4n) is 6.13. The molecule has 0 amide bonds. The Bertz CT molecular complexity index is 975. The molecule has 0 aliphatic heterocycles. The van der Waals surface area contributed by atoms with Crippen LogP contribution in [0.5, 0.6) is 11.5 Å². The fourth-order valence-corrected chi connectivity index (χ4v) is 6.13. The Labute approximate surface area is 210 Å². The normalized spacial score (nSPS) is 20.3. The molecular formula is C29H41NO5. The number of carboxylic acids is 1. The van der Waals surface area contributed by atoms with Crippen LogP contribution < -0.4 is 14.8 Å². The van der Waals surface area contributed by atoms with Gasteiger partial charge in [-0.25, -0.2) is 4.79 Å². The maximum absolute atomic E-state index is 12.4. The number of carbonyl (C=O) groups is 1. The summed E-state index contributed by atoms with van der Waals surface area (Å²) in [5.41, 5.74) is 3.06. The molecule has 0 radical (unpaired) electrons. The van der Waals surface area contributed by atoms with E-state index in [1.165, 1.54) is 18.2 Å². The summed E-state index contributed by atoms with van der Waals surface area (Å²) in [7, 11) is 4.83. The van der Waals surface area contributed by atoms with Gasteiger partial charge >= 0.3 is 5.97 Å². The van der Waals surface area contributed by atoms with Gasteiger partial charge in [0.05, 0.1) is 14.2 Å². The second-order valence-electron chi connectivity index (χ2n) is 9.77. The lowest BCUT2D eigenvalue weighted by Crippen LogP contribution is -2.56. The van der Waals surface area contributed by atoms with E-state index in [2.05, 4.69) is 37.4 Å². The topological polar surface area (TPSA) is 77.0 Å². The van der Waals surface area contributed by atoms with Crippen LogP contribution in [0.15, 0.2) is 42.5 Å². The Balaban J connectivity index is 1.65. The lowest BCUT2D eigenvalue weighted by Gasteiger charge is -2.51. The lowest BCUT2D eigenvalue weighted by molar-refractivity contribution is -0.158. The molecule has 3 unspecified atom stereocenters. The zero-order chi connectivity index (χ0) is 25.4. The first-order valence-electron chi connectivity index (χ1n) is 12.7. The standard InChI is InChI=1S/C29H41NO5/c1-20(2)29(27(35-5)28(31)32)23(14-13-22-10-6-7-11-24(22)29)16-18-30-17-8-9-21-12-15-25(33-3)26(19-21)34-4/h6-7,10-12,15,19-20,23,27,30H,8-9,13-14,16-18H2,1-5H3,(H,31,32). The second-order valence-corrected chi connectivity index (χ2v) is 9.77. The van der Waals surface area contributed by atoms with Crippen molar-refractivity contribution in [2.45, 2.75) is 57.5 Å². The summed E-state index contributed by atoms with van der Waals surface area (Å²) in [6, 6.07) is 14.4. The predicted molar refractivity (Wildman–Crippen MR) is 139 cm³/mol. The maximum atomic E-state index is 12.4. The van der Waals surface area contributed by atoms with Crippen molar-refractivity contribution in [3.05, 3.63) is 59.2 Å². The van der Waals surface area contributed by atoms with Crippen LogP contribution >= 0.6 is 0 Å². The largest absolute Gasteiger partial charge is 0.493 e. The highest BCUT2D eigenvalue weighted by Crippen LogP contribution is 2.51. The maximum Gasteiger partial charge on any atom is 0.333 e. The van der Waals surface area contributed by atoms with E-state index in [0.29, 0.717) is 0 Å². The number of carboxylic acid groups (broad SMARTS) is 1. The van der Waals surface area contributed by atoms with Gasteiger partial charge in [-0.15, -0.1) is 0 Å². The predicted octanol–water partition coefficient (Wildman–Crippen LogP) is 4.87. The fraction of sp³-hybridized carbons (Fsp3) is 0.552. The van der Waals surface area contributed by atoms with E-state index in [0.717, 1.165) is 62.3 Å². The molecule has 0 saturated carbocycles. The number of hydrogen-bond donors (Lipinski definition) is 2. The average molecular weight is 484 g/mol. The van der Waals surface area contributed by atoms with E-state index in [4.69, 9.17) is 14.2 Å². The van der Waals surface area contributed by atoms with Gasteiger partial charge in [0.15, 0.2) is 17.6 Å². The highest BCUT2D eigenvalue weighted by molar-refractivity contribution is 5.75. The smallest absolute Gasteiger partial charge is 0.333 e. The monoisotopic (exact) mass is 483 g/mol. The minimum Gasteiger partial charge on any atom is -0.493 e. The molecule has 2 aromatic rings. The number of aliphatic carboxylic acids is 1. The summed E-state index contributed by atoms with van der Waals surface area (Å²) in [5.74, 6) is 0.960. The molecular weight excluding hydrogens is 442 g/mol. The molecule has 35 heavy (non-hydrogen) atoms. The highest BCUT2D eigenvalue weighted by atomic mass is 16.5. The van der Waals surface area contributed by atoms with Crippen LogP contribution in [0.2, 0.25) is 0 Å². The SMILES string of the molecule is COc1ccc(CCCNCCC2CCc3ccccc3C2(C(C)C)C(OC)C(=O)O)cc1OC. The van der Waals surface area contributed by atoms with Gasteiger partial charge in [-0.2, -0.15) is 0 Å². The number of rotatable bonds is 13. The number of nitrogens with one attached hydrogen (secondary N) is 1. The minimum absolute atomic E-state index is 0.125. The third kappa shape index (κ3) is 5.65. The number of fused-ring (bicyclic) bond motifs is 1. The number of aryl methyl sites for hydroxylation is 2. The van der Waals surface area contributed by atoms with Gasteiger partial charge < -0.3 is 24.6 Å². The van der Waals surface area contributed by atoms with Crippen LogP contribution in [0.25, 0.3) is 0 Å². The van der Waals surface area contributed by atoms with Gasteiger partial charge in [0.2, 0.25) is 0 Å². The molecule has 6 nitrogen and oxygen atoms in total. The van der Waals surface area contributed by atoms with Crippen LogP contribution in [0.3, 0.4) is 0 Å². The Morgan fingerprint density at radius 2 is 1.83 bits per heavy atom. The molecule has 0 heterocycles. The lowest BCUT2D eigenvalue weighted by atomic mass is 9.54. The van der Waals surface area contributed by atoms with Crippen LogP contribution in [0.4, 0.5) is 0 Å². The summed E-state index contributed by atoms with van der Waals surface area (Å²) >= 11 is 0. The summed E-state index contributed by atoms with van der Waals surface area (Å²) in [4.78, 5) is 12.4. The number of methoxy groups -OCH3 is 3. The number of ether oxygens (including phenoxy) is 3. The first-order chi connectivity index (χ1) is 16.9. The zero-order valence-electron chi connectivity index (χ0n) is 21.8. The molecule has 2 aromatic carbocycles. The van der Waals surface area contributed by atoms with Crippen molar-refractivity contribution in [2.24, 2.45) is 11.8 Å². The molecule has 3 atom stereocenters.